The number of benzene rings is 1. The molecule has 2 aromatic rings. The van der Waals surface area contributed by atoms with E-state index in [-0.39, 0.29) is 0 Å². The van der Waals surface area contributed by atoms with E-state index in [0.717, 1.165) is 30.3 Å². The lowest BCUT2D eigenvalue weighted by molar-refractivity contribution is 0.710. The molecule has 1 N–H and O–H groups in total. The number of nitrogens with one attached hydrogen (secondary N) is 1. The lowest BCUT2D eigenvalue weighted by Gasteiger charge is -2.23. The van der Waals surface area contributed by atoms with Crippen LogP contribution in [0, 0.1) is 0 Å². The second-order valence-electron chi connectivity index (χ2n) is 4.46. The quantitative estimate of drug-likeness (QED) is 0.871. The van der Waals surface area contributed by atoms with Gasteiger partial charge in [0, 0.05) is 18.8 Å². The van der Waals surface area contributed by atoms with Gasteiger partial charge in [-0.05, 0) is 37.7 Å². The molecule has 4 heteroatoms. The van der Waals surface area contributed by atoms with E-state index >= 15 is 0 Å². The zero-order valence-corrected chi connectivity index (χ0v) is 12.7. The molecule has 1 aromatic carbocycles. The van der Waals surface area contributed by atoms with E-state index in [9.17, 15) is 0 Å². The second-order valence-corrected chi connectivity index (χ2v) is 4.87. The molecule has 0 aliphatic heterocycles. The van der Waals surface area contributed by atoms with Crippen molar-refractivity contribution in [3.63, 3.8) is 0 Å². The monoisotopic (exact) mass is 289 g/mol. The SMILES string of the molecule is CCNCc1nc(N(CC)c2ccccc2)ccc1Cl. The lowest BCUT2D eigenvalue weighted by Crippen LogP contribution is -2.19. The maximum absolute atomic E-state index is 6.20. The highest BCUT2D eigenvalue weighted by Gasteiger charge is 2.10. The molecule has 0 amide bonds. The molecule has 0 saturated carbocycles. The minimum Gasteiger partial charge on any atom is -0.327 e. The third kappa shape index (κ3) is 3.50. The van der Waals surface area contributed by atoms with Crippen LogP contribution in [-0.2, 0) is 6.54 Å². The Morgan fingerprint density at radius 1 is 1.10 bits per heavy atom. The Labute approximate surface area is 125 Å². The highest BCUT2D eigenvalue weighted by molar-refractivity contribution is 6.31. The van der Waals surface area contributed by atoms with Crippen molar-refractivity contribution in [1.29, 1.82) is 0 Å². The van der Waals surface area contributed by atoms with Crippen molar-refractivity contribution < 1.29 is 0 Å². The van der Waals surface area contributed by atoms with Crippen LogP contribution in [0.4, 0.5) is 11.5 Å². The summed E-state index contributed by atoms with van der Waals surface area (Å²) in [5, 5.41) is 3.97. The van der Waals surface area contributed by atoms with Gasteiger partial charge in [-0.25, -0.2) is 4.98 Å². The Bertz CT molecular complexity index is 543. The number of halogens is 1. The molecule has 0 fully saturated rings. The van der Waals surface area contributed by atoms with Gasteiger partial charge in [-0.2, -0.15) is 0 Å². The molecule has 0 radical (unpaired) electrons. The van der Waals surface area contributed by atoms with Crippen LogP contribution < -0.4 is 10.2 Å². The molecular formula is C16H20ClN3. The summed E-state index contributed by atoms with van der Waals surface area (Å²) in [5.74, 6) is 0.927. The summed E-state index contributed by atoms with van der Waals surface area (Å²) in [5.41, 5.74) is 2.03. The van der Waals surface area contributed by atoms with E-state index in [2.05, 4.69) is 41.2 Å². The third-order valence-electron chi connectivity index (χ3n) is 3.11. The van der Waals surface area contributed by atoms with Gasteiger partial charge in [0.15, 0.2) is 0 Å². The lowest BCUT2D eigenvalue weighted by atomic mass is 10.2. The Hall–Kier alpha value is -1.58. The predicted molar refractivity (Wildman–Crippen MR) is 85.7 cm³/mol. The average Bonchev–Trinajstić information content (AvgIpc) is 2.49. The molecule has 0 unspecified atom stereocenters. The first-order valence-corrected chi connectivity index (χ1v) is 7.32. The average molecular weight is 290 g/mol. The van der Waals surface area contributed by atoms with Crippen molar-refractivity contribution in [3.05, 3.63) is 53.2 Å². The summed E-state index contributed by atoms with van der Waals surface area (Å²) in [6.07, 6.45) is 0. The zero-order valence-electron chi connectivity index (χ0n) is 11.9. The fraction of sp³-hybridized carbons (Fsp3) is 0.312. The largest absolute Gasteiger partial charge is 0.327 e. The summed E-state index contributed by atoms with van der Waals surface area (Å²) >= 11 is 6.20. The summed E-state index contributed by atoms with van der Waals surface area (Å²) in [6.45, 7) is 6.64. The van der Waals surface area contributed by atoms with Gasteiger partial charge >= 0.3 is 0 Å². The first-order chi connectivity index (χ1) is 9.76. The predicted octanol–water partition coefficient (Wildman–Crippen LogP) is 4.00. The van der Waals surface area contributed by atoms with Crippen LogP contribution in [-0.4, -0.2) is 18.1 Å². The van der Waals surface area contributed by atoms with Crippen molar-refractivity contribution in [2.45, 2.75) is 20.4 Å². The van der Waals surface area contributed by atoms with Gasteiger partial charge in [-0.15, -0.1) is 0 Å². The van der Waals surface area contributed by atoms with Gasteiger partial charge in [0.05, 0.1) is 10.7 Å². The molecule has 0 saturated heterocycles. The number of hydrogen-bond donors (Lipinski definition) is 1. The summed E-state index contributed by atoms with van der Waals surface area (Å²) < 4.78 is 0. The molecule has 2 rings (SSSR count). The minimum absolute atomic E-state index is 0.690. The maximum Gasteiger partial charge on any atom is 0.133 e. The number of anilines is 2. The molecular weight excluding hydrogens is 270 g/mol. The van der Waals surface area contributed by atoms with Gasteiger partial charge < -0.3 is 10.2 Å². The topological polar surface area (TPSA) is 28.2 Å². The van der Waals surface area contributed by atoms with Crippen molar-refractivity contribution >= 4 is 23.1 Å². The Kier molecular flexibility index (Phi) is 5.39. The molecule has 0 bridgehead atoms. The number of aromatic nitrogens is 1. The molecule has 1 heterocycles. The number of para-hydroxylation sites is 1. The maximum atomic E-state index is 6.20. The molecule has 0 spiro atoms. The van der Waals surface area contributed by atoms with E-state index in [1.54, 1.807) is 0 Å². The van der Waals surface area contributed by atoms with Crippen LogP contribution in [0.25, 0.3) is 0 Å². The Morgan fingerprint density at radius 2 is 1.85 bits per heavy atom. The van der Waals surface area contributed by atoms with E-state index < -0.39 is 0 Å². The van der Waals surface area contributed by atoms with Crippen molar-refractivity contribution in [2.24, 2.45) is 0 Å². The molecule has 0 aliphatic rings. The fourth-order valence-corrected chi connectivity index (χ4v) is 2.25. The fourth-order valence-electron chi connectivity index (χ4n) is 2.08. The summed E-state index contributed by atoms with van der Waals surface area (Å²) in [7, 11) is 0. The van der Waals surface area contributed by atoms with Crippen LogP contribution in [0.5, 0.6) is 0 Å². The van der Waals surface area contributed by atoms with Crippen molar-refractivity contribution in [1.82, 2.24) is 10.3 Å². The molecule has 1 aromatic heterocycles. The van der Waals surface area contributed by atoms with Gasteiger partial charge in [0.25, 0.3) is 0 Å². The minimum atomic E-state index is 0.690. The van der Waals surface area contributed by atoms with Crippen molar-refractivity contribution in [2.75, 3.05) is 18.0 Å². The van der Waals surface area contributed by atoms with E-state index in [1.807, 2.05) is 30.3 Å². The van der Waals surface area contributed by atoms with Crippen LogP contribution in [0.1, 0.15) is 19.5 Å². The molecule has 0 atom stereocenters. The second kappa shape index (κ2) is 7.27. The van der Waals surface area contributed by atoms with Gasteiger partial charge in [-0.3, -0.25) is 0 Å². The normalized spacial score (nSPS) is 10.6. The smallest absolute Gasteiger partial charge is 0.133 e. The molecule has 20 heavy (non-hydrogen) atoms. The molecule has 3 nitrogen and oxygen atoms in total. The summed E-state index contributed by atoms with van der Waals surface area (Å²) in [4.78, 5) is 6.86. The third-order valence-corrected chi connectivity index (χ3v) is 3.45. The van der Waals surface area contributed by atoms with Crippen LogP contribution >= 0.6 is 11.6 Å². The standard InChI is InChI=1S/C16H20ClN3/c1-3-18-12-15-14(17)10-11-16(19-15)20(4-2)13-8-6-5-7-9-13/h5-11,18H,3-4,12H2,1-2H3. The summed E-state index contributed by atoms with van der Waals surface area (Å²) in [6, 6.07) is 14.1. The van der Waals surface area contributed by atoms with Crippen LogP contribution in [0.15, 0.2) is 42.5 Å². The molecule has 0 aliphatic carbocycles. The van der Waals surface area contributed by atoms with Crippen LogP contribution in [0.3, 0.4) is 0 Å². The Morgan fingerprint density at radius 3 is 2.50 bits per heavy atom. The molecule has 106 valence electrons. The van der Waals surface area contributed by atoms with Gasteiger partial charge in [0.1, 0.15) is 5.82 Å². The van der Waals surface area contributed by atoms with Crippen molar-refractivity contribution in [3.8, 4) is 0 Å². The Balaban J connectivity index is 2.30. The van der Waals surface area contributed by atoms with E-state index in [1.165, 1.54) is 0 Å². The van der Waals surface area contributed by atoms with Gasteiger partial charge in [-0.1, -0.05) is 36.7 Å². The number of pyridine rings is 1. The number of nitrogens with zero attached hydrogens (tertiary/aromatic N) is 2. The highest BCUT2D eigenvalue weighted by atomic mass is 35.5. The number of rotatable bonds is 6. The first-order valence-electron chi connectivity index (χ1n) is 6.95. The zero-order chi connectivity index (χ0) is 14.4. The highest BCUT2D eigenvalue weighted by Crippen LogP contribution is 2.25. The first kappa shape index (κ1) is 14.8. The number of hydrogen-bond acceptors (Lipinski definition) is 3. The van der Waals surface area contributed by atoms with Gasteiger partial charge in [0.2, 0.25) is 0 Å². The van der Waals surface area contributed by atoms with E-state index in [4.69, 9.17) is 11.6 Å². The van der Waals surface area contributed by atoms with E-state index in [0.29, 0.717) is 11.6 Å². The van der Waals surface area contributed by atoms with Crippen LogP contribution in [0.2, 0.25) is 5.02 Å².